The summed E-state index contributed by atoms with van der Waals surface area (Å²) < 4.78 is 5.21. The molecule has 0 aliphatic carbocycles. The monoisotopic (exact) mass is 1290 g/mol. The summed E-state index contributed by atoms with van der Waals surface area (Å²) in [6.45, 7) is 6.96. The Labute approximate surface area is 530 Å². The lowest BCUT2D eigenvalue weighted by Gasteiger charge is -2.29. The van der Waals surface area contributed by atoms with Gasteiger partial charge < -0.3 is 99.6 Å². The van der Waals surface area contributed by atoms with E-state index >= 15 is 0 Å². The second-order valence-electron chi connectivity index (χ2n) is 22.8. The van der Waals surface area contributed by atoms with E-state index in [1.165, 1.54) is 77.8 Å². The minimum absolute atomic E-state index is 0.0836. The molecule has 11 amide bonds. The van der Waals surface area contributed by atoms with Gasteiger partial charge in [-0.1, -0.05) is 123 Å². The molecule has 0 saturated carbocycles. The van der Waals surface area contributed by atoms with Crippen molar-refractivity contribution in [2.24, 2.45) is 11.7 Å². The number of amides is 11. The van der Waals surface area contributed by atoms with Crippen LogP contribution >= 0.6 is 0 Å². The smallest absolute Gasteiger partial charge is 0.307 e. The highest BCUT2D eigenvalue weighted by Gasteiger charge is 2.38. The fourth-order valence-electron chi connectivity index (χ4n) is 9.22. The summed E-state index contributed by atoms with van der Waals surface area (Å²) in [4.78, 5) is 159. The number of phenolic OH excluding ortho intramolecular Hbond substituents is 1. The van der Waals surface area contributed by atoms with Crippen LogP contribution in [0.2, 0.25) is 0 Å². The number of nitrogens with one attached hydrogen (secondary N) is 11. The normalized spacial score (nSPS) is 19.3. The SMILES string of the molecule is C=C1NC(=O)[C@H](C(C)C)NC(=O)[C@H](NC(=O)CNC(=O)[C@H](CCO)NC(=O)[C@H](CO)NC(=O)[C@@H](NC(=O)[C@@H](NC(=O)[C@@H](O)[C@@H](N)CCCCCCCCCCCCCCC)[C@@H](C)O)[C@@H](O)c2ccc(O)cc2)CCOC(=O)CCNC(=O)[C@H](C)NC(=O)CNC1=O. The summed E-state index contributed by atoms with van der Waals surface area (Å²) >= 11 is 0. The maximum atomic E-state index is 14.1. The minimum Gasteiger partial charge on any atom is -0.508 e. The van der Waals surface area contributed by atoms with Crippen molar-refractivity contribution in [3.8, 4) is 5.75 Å². The molecular weight excluding hydrogens is 1190 g/mol. The number of nitrogens with two attached hydrogens (primary N) is 1. The van der Waals surface area contributed by atoms with Crippen molar-refractivity contribution in [3.05, 3.63) is 42.1 Å². The van der Waals surface area contributed by atoms with E-state index < -0.39 is 195 Å². The summed E-state index contributed by atoms with van der Waals surface area (Å²) in [7, 11) is 0. The first-order valence-corrected chi connectivity index (χ1v) is 31.1. The van der Waals surface area contributed by atoms with Crippen LogP contribution in [-0.4, -0.2) is 202 Å². The number of aliphatic hydroxyl groups excluding tert-OH is 5. The van der Waals surface area contributed by atoms with Crippen LogP contribution in [0.3, 0.4) is 0 Å². The Morgan fingerprint density at radius 2 is 1.26 bits per heavy atom. The van der Waals surface area contributed by atoms with E-state index in [0.29, 0.717) is 6.42 Å². The number of hydrogen-bond acceptors (Lipinski definition) is 20. The third kappa shape index (κ3) is 30.2. The van der Waals surface area contributed by atoms with Gasteiger partial charge in [0.15, 0.2) is 0 Å². The number of phenols is 1. The molecule has 1 saturated heterocycles. The van der Waals surface area contributed by atoms with Crippen LogP contribution in [0.15, 0.2) is 36.5 Å². The third-order valence-corrected chi connectivity index (χ3v) is 14.7. The number of carbonyl (C=O) groups excluding carboxylic acids is 12. The summed E-state index contributed by atoms with van der Waals surface area (Å²) in [5, 5.41) is 88.3. The molecule has 0 spiro atoms. The van der Waals surface area contributed by atoms with Crippen molar-refractivity contribution in [1.82, 2.24) is 58.5 Å². The number of esters is 1. The van der Waals surface area contributed by atoms with E-state index in [1.807, 2.05) is 0 Å². The largest absolute Gasteiger partial charge is 0.508 e. The first kappa shape index (κ1) is 79.3. The van der Waals surface area contributed by atoms with Crippen LogP contribution in [0.5, 0.6) is 5.75 Å². The van der Waals surface area contributed by atoms with E-state index in [-0.39, 0.29) is 30.7 Å². The Bertz CT molecular complexity index is 2560. The van der Waals surface area contributed by atoms with Gasteiger partial charge in [0.05, 0.1) is 44.5 Å². The highest BCUT2D eigenvalue weighted by molar-refractivity contribution is 6.01. The van der Waals surface area contributed by atoms with Crippen LogP contribution in [0, 0.1) is 5.92 Å². The fourth-order valence-corrected chi connectivity index (χ4v) is 9.22. The number of rotatable bonds is 34. The molecule has 1 fully saturated rings. The zero-order valence-electron chi connectivity index (χ0n) is 52.8. The highest BCUT2D eigenvalue weighted by atomic mass is 16.5. The molecule has 1 aromatic carbocycles. The molecule has 0 unspecified atom stereocenters. The molecule has 31 heteroatoms. The Morgan fingerprint density at radius 3 is 1.84 bits per heavy atom. The lowest BCUT2D eigenvalue weighted by molar-refractivity contribution is -0.144. The average molecular weight is 1290 g/mol. The Hall–Kier alpha value is -7.84. The molecule has 2 rings (SSSR count). The number of hydrogen-bond donors (Lipinski definition) is 18. The minimum atomic E-state index is -2.10. The summed E-state index contributed by atoms with van der Waals surface area (Å²) in [6.07, 6.45) is 7.81. The van der Waals surface area contributed by atoms with Crippen LogP contribution in [-0.2, 0) is 62.3 Å². The number of aliphatic hydroxyl groups is 5. The third-order valence-electron chi connectivity index (χ3n) is 14.7. The molecule has 1 aliphatic rings. The molecule has 0 aromatic heterocycles. The number of aromatic hydroxyl groups is 1. The molecule has 0 bridgehead atoms. The van der Waals surface area contributed by atoms with Gasteiger partial charge in [-0.05, 0) is 50.3 Å². The van der Waals surface area contributed by atoms with Crippen LogP contribution in [0.4, 0.5) is 0 Å². The molecular formula is C60H98N12O19. The van der Waals surface area contributed by atoms with Crippen LogP contribution in [0.25, 0.3) is 0 Å². The van der Waals surface area contributed by atoms with E-state index in [2.05, 4.69) is 72.0 Å². The van der Waals surface area contributed by atoms with E-state index in [4.69, 9.17) is 10.5 Å². The second-order valence-corrected chi connectivity index (χ2v) is 22.8. The molecule has 11 atom stereocenters. The van der Waals surface area contributed by atoms with Gasteiger partial charge in [-0.25, -0.2) is 0 Å². The quantitative estimate of drug-likeness (QED) is 0.0183. The maximum absolute atomic E-state index is 14.1. The highest BCUT2D eigenvalue weighted by Crippen LogP contribution is 2.21. The topological polar surface area (TPSA) is 494 Å². The Balaban J connectivity index is 2.21. The second kappa shape index (κ2) is 43.0. The fraction of sp³-hybridized carbons (Fsp3) is 0.667. The van der Waals surface area contributed by atoms with Crippen LogP contribution in [0.1, 0.15) is 155 Å². The van der Waals surface area contributed by atoms with E-state index in [9.17, 15) is 88.2 Å². The molecule has 91 heavy (non-hydrogen) atoms. The first-order chi connectivity index (χ1) is 43.1. The Kier molecular flexibility index (Phi) is 37.5. The van der Waals surface area contributed by atoms with Gasteiger partial charge in [-0.3, -0.25) is 57.5 Å². The number of unbranched alkanes of at least 4 members (excludes halogenated alkanes) is 12. The van der Waals surface area contributed by atoms with Crippen molar-refractivity contribution in [2.45, 2.75) is 210 Å². The predicted molar refractivity (Wildman–Crippen MR) is 328 cm³/mol. The lowest BCUT2D eigenvalue weighted by atomic mass is 9.99. The van der Waals surface area contributed by atoms with E-state index in [0.717, 1.165) is 51.2 Å². The van der Waals surface area contributed by atoms with Crippen molar-refractivity contribution >= 4 is 70.9 Å². The standard InChI is InChI=1S/C60H98N12O19/c1-7-8-9-10-11-12-13-14-15-16-17-18-19-20-40(61)51(81)60(90)71-48(37(6)75)58(88)72-49(50(80)38-21-23-39(76)24-22-38)59(89)69-43(33-74)56(86)68-41(26-29-73)54(84)64-32-45(78)67-42-27-30-91-46(79)25-28-62-52(82)35(4)65-44(77)31-63-53(83)36(5)66-57(87)47(34(2)3)70-55(42)85/h21-24,34-35,37,40-43,47-51,73-76,80-81H,5,7-20,25-33,61H2,1-4,6H3,(H,62,82)(H,63,83)(H,64,84)(H,65,77)(H,66,87)(H,67,78)(H,68,86)(H,69,89)(H,70,85)(H,71,90)(H,72,88)/t35-,37+,40-,41-,42+,43-,47-,48-,49-,50-,51-/m0/s1. The Morgan fingerprint density at radius 1 is 0.692 bits per heavy atom. The van der Waals surface area contributed by atoms with Crippen LogP contribution < -0.4 is 64.2 Å². The molecule has 512 valence electrons. The van der Waals surface area contributed by atoms with Crippen molar-refractivity contribution in [3.63, 3.8) is 0 Å². The maximum Gasteiger partial charge on any atom is 0.307 e. The number of cyclic esters (lactones) is 1. The number of ether oxygens (including phenoxy) is 1. The number of carbonyl (C=O) groups is 12. The summed E-state index contributed by atoms with van der Waals surface area (Å²) in [5.74, 6) is -13.4. The lowest BCUT2D eigenvalue weighted by Crippen LogP contribution is -2.62. The van der Waals surface area contributed by atoms with Gasteiger partial charge in [0.2, 0.25) is 53.2 Å². The van der Waals surface area contributed by atoms with Gasteiger partial charge >= 0.3 is 5.97 Å². The van der Waals surface area contributed by atoms with Crippen molar-refractivity contribution in [2.75, 3.05) is 39.5 Å². The molecule has 0 radical (unpaired) electrons. The van der Waals surface area contributed by atoms with Gasteiger partial charge in [0, 0.05) is 25.6 Å². The molecule has 19 N–H and O–H groups in total. The molecule has 31 nitrogen and oxygen atoms in total. The molecule has 1 heterocycles. The van der Waals surface area contributed by atoms with Gasteiger partial charge in [-0.15, -0.1) is 0 Å². The zero-order chi connectivity index (χ0) is 68.2. The molecule has 1 aliphatic heterocycles. The van der Waals surface area contributed by atoms with E-state index in [1.54, 1.807) is 0 Å². The van der Waals surface area contributed by atoms with Gasteiger partial charge in [-0.2, -0.15) is 0 Å². The van der Waals surface area contributed by atoms with Gasteiger partial charge in [0.25, 0.3) is 11.8 Å². The number of benzene rings is 1. The molecule has 1 aromatic rings. The predicted octanol–water partition coefficient (Wildman–Crippen LogP) is -3.26. The first-order valence-electron chi connectivity index (χ1n) is 31.1. The zero-order valence-corrected chi connectivity index (χ0v) is 52.8. The average Bonchev–Trinajstić information content (AvgIpc) is 1.94. The van der Waals surface area contributed by atoms with Crippen molar-refractivity contribution < 1.29 is 92.9 Å². The summed E-state index contributed by atoms with van der Waals surface area (Å²) in [5.41, 5.74) is 5.57. The van der Waals surface area contributed by atoms with Crippen molar-refractivity contribution in [1.29, 1.82) is 0 Å². The van der Waals surface area contributed by atoms with Gasteiger partial charge in [0.1, 0.15) is 60.3 Å². The summed E-state index contributed by atoms with van der Waals surface area (Å²) in [6, 6.07) is -8.14.